The van der Waals surface area contributed by atoms with Crippen LogP contribution in [0.3, 0.4) is 0 Å². The summed E-state index contributed by atoms with van der Waals surface area (Å²) in [5, 5.41) is 2.98. The number of nitrogens with zero attached hydrogens (tertiary/aromatic N) is 2. The van der Waals surface area contributed by atoms with Gasteiger partial charge in [-0.3, -0.25) is 9.59 Å². The SMILES string of the molecule is CNC(C)C(=O)N1CCN(c2ccc(C(C)=O)cc2)CC1. The van der Waals surface area contributed by atoms with E-state index in [0.717, 1.165) is 37.4 Å². The van der Waals surface area contributed by atoms with Crippen LogP contribution in [-0.4, -0.2) is 55.9 Å². The second kappa shape index (κ2) is 6.72. The van der Waals surface area contributed by atoms with Gasteiger partial charge in [0.2, 0.25) is 5.91 Å². The summed E-state index contributed by atoms with van der Waals surface area (Å²) in [7, 11) is 1.80. The predicted molar refractivity (Wildman–Crippen MR) is 83.8 cm³/mol. The Hall–Kier alpha value is -1.88. The van der Waals surface area contributed by atoms with Crippen molar-refractivity contribution in [3.63, 3.8) is 0 Å². The van der Waals surface area contributed by atoms with Crippen LogP contribution in [0.15, 0.2) is 24.3 Å². The molecule has 1 saturated heterocycles. The molecule has 1 atom stereocenters. The van der Waals surface area contributed by atoms with Crippen LogP contribution in [0.1, 0.15) is 24.2 Å². The fourth-order valence-electron chi connectivity index (χ4n) is 2.49. The molecule has 1 aromatic rings. The molecule has 0 spiro atoms. The molecule has 0 aromatic heterocycles. The molecule has 0 radical (unpaired) electrons. The molecule has 0 aliphatic carbocycles. The van der Waals surface area contributed by atoms with E-state index in [1.807, 2.05) is 36.1 Å². The Balaban J connectivity index is 1.94. The number of anilines is 1. The third-order valence-electron chi connectivity index (χ3n) is 4.03. The summed E-state index contributed by atoms with van der Waals surface area (Å²) in [6, 6.07) is 7.54. The van der Waals surface area contributed by atoms with Crippen molar-refractivity contribution >= 4 is 17.4 Å². The fraction of sp³-hybridized carbons (Fsp3) is 0.500. The van der Waals surface area contributed by atoms with Crippen LogP contribution in [0.25, 0.3) is 0 Å². The Labute approximate surface area is 125 Å². The van der Waals surface area contributed by atoms with E-state index in [1.165, 1.54) is 0 Å². The van der Waals surface area contributed by atoms with Gasteiger partial charge in [-0.15, -0.1) is 0 Å². The lowest BCUT2D eigenvalue weighted by Crippen LogP contribution is -2.53. The molecule has 5 heteroatoms. The lowest BCUT2D eigenvalue weighted by atomic mass is 10.1. The number of carbonyl (C=O) groups excluding carboxylic acids is 2. The molecule has 1 aromatic carbocycles. The largest absolute Gasteiger partial charge is 0.368 e. The zero-order valence-corrected chi connectivity index (χ0v) is 12.9. The van der Waals surface area contributed by atoms with Crippen LogP contribution in [0.5, 0.6) is 0 Å². The normalized spacial score (nSPS) is 16.7. The monoisotopic (exact) mass is 289 g/mol. The van der Waals surface area contributed by atoms with Gasteiger partial charge in [0.05, 0.1) is 6.04 Å². The summed E-state index contributed by atoms with van der Waals surface area (Å²) in [6.45, 7) is 6.57. The highest BCUT2D eigenvalue weighted by molar-refractivity contribution is 5.94. The molecule has 1 unspecified atom stereocenters. The first kappa shape index (κ1) is 15.5. The highest BCUT2D eigenvalue weighted by atomic mass is 16.2. The van der Waals surface area contributed by atoms with Crippen LogP contribution in [0, 0.1) is 0 Å². The number of carbonyl (C=O) groups is 2. The van der Waals surface area contributed by atoms with E-state index in [2.05, 4.69) is 10.2 Å². The van der Waals surface area contributed by atoms with Gasteiger partial charge in [0.15, 0.2) is 5.78 Å². The van der Waals surface area contributed by atoms with Gasteiger partial charge in [-0.05, 0) is 45.2 Å². The second-order valence-electron chi connectivity index (χ2n) is 5.43. The summed E-state index contributed by atoms with van der Waals surface area (Å²) >= 11 is 0. The van der Waals surface area contributed by atoms with Gasteiger partial charge >= 0.3 is 0 Å². The number of piperazine rings is 1. The van der Waals surface area contributed by atoms with Gasteiger partial charge in [-0.1, -0.05) is 0 Å². The quantitative estimate of drug-likeness (QED) is 0.845. The first-order chi connectivity index (χ1) is 10.0. The van der Waals surface area contributed by atoms with Gasteiger partial charge in [0, 0.05) is 37.4 Å². The smallest absolute Gasteiger partial charge is 0.239 e. The zero-order chi connectivity index (χ0) is 15.4. The standard InChI is InChI=1S/C16H23N3O2/c1-12(17-3)16(21)19-10-8-18(9-11-19)15-6-4-14(5-7-15)13(2)20/h4-7,12,17H,8-11H2,1-3H3. The molecule has 0 saturated carbocycles. The van der Waals surface area contributed by atoms with Crippen molar-refractivity contribution < 1.29 is 9.59 Å². The summed E-state index contributed by atoms with van der Waals surface area (Å²) < 4.78 is 0. The van der Waals surface area contributed by atoms with Crippen molar-refractivity contribution in [1.82, 2.24) is 10.2 Å². The van der Waals surface area contributed by atoms with Crippen molar-refractivity contribution in [2.24, 2.45) is 0 Å². The molecule has 1 heterocycles. The lowest BCUT2D eigenvalue weighted by molar-refractivity contribution is -0.133. The number of Topliss-reactive ketones (excluding diaryl/α,β-unsaturated/α-hetero) is 1. The third-order valence-corrected chi connectivity index (χ3v) is 4.03. The van der Waals surface area contributed by atoms with Gasteiger partial charge in [-0.25, -0.2) is 0 Å². The molecule has 114 valence electrons. The summed E-state index contributed by atoms with van der Waals surface area (Å²) in [4.78, 5) is 27.5. The fourth-order valence-corrected chi connectivity index (χ4v) is 2.49. The van der Waals surface area contributed by atoms with Crippen LogP contribution < -0.4 is 10.2 Å². The maximum atomic E-state index is 12.1. The number of hydrogen-bond donors (Lipinski definition) is 1. The predicted octanol–water partition coefficient (Wildman–Crippen LogP) is 1.15. The number of rotatable bonds is 4. The van der Waals surface area contributed by atoms with E-state index in [4.69, 9.17) is 0 Å². The molecule has 0 bridgehead atoms. The molecule has 1 aliphatic heterocycles. The van der Waals surface area contributed by atoms with Gasteiger partial charge < -0.3 is 15.1 Å². The molecule has 1 amide bonds. The van der Waals surface area contributed by atoms with Crippen molar-refractivity contribution in [1.29, 1.82) is 0 Å². The molecule has 1 fully saturated rings. The summed E-state index contributed by atoms with van der Waals surface area (Å²) in [6.07, 6.45) is 0. The van der Waals surface area contributed by atoms with E-state index in [1.54, 1.807) is 14.0 Å². The maximum absolute atomic E-state index is 12.1. The first-order valence-corrected chi connectivity index (χ1v) is 7.35. The molecule has 21 heavy (non-hydrogen) atoms. The van der Waals surface area contributed by atoms with Crippen molar-refractivity contribution in [3.8, 4) is 0 Å². The third kappa shape index (κ3) is 3.61. The Bertz CT molecular complexity index is 505. The van der Waals surface area contributed by atoms with Crippen LogP contribution in [-0.2, 0) is 4.79 Å². The molecular formula is C16H23N3O2. The average Bonchev–Trinajstić information content (AvgIpc) is 2.53. The second-order valence-corrected chi connectivity index (χ2v) is 5.43. The van der Waals surface area contributed by atoms with E-state index >= 15 is 0 Å². The van der Waals surface area contributed by atoms with E-state index < -0.39 is 0 Å². The molecular weight excluding hydrogens is 266 g/mol. The minimum absolute atomic E-state index is 0.0815. The summed E-state index contributed by atoms with van der Waals surface area (Å²) in [5.74, 6) is 0.238. The van der Waals surface area contributed by atoms with E-state index in [0.29, 0.717) is 0 Å². The molecule has 2 rings (SSSR count). The number of benzene rings is 1. The Morgan fingerprint density at radius 3 is 2.14 bits per heavy atom. The number of likely N-dealkylation sites (N-methyl/N-ethyl adjacent to an activating group) is 1. The van der Waals surface area contributed by atoms with Crippen molar-refractivity contribution in [2.75, 3.05) is 38.1 Å². The van der Waals surface area contributed by atoms with Gasteiger partial charge in [0.1, 0.15) is 0 Å². The maximum Gasteiger partial charge on any atom is 0.239 e. The molecule has 1 N–H and O–H groups in total. The van der Waals surface area contributed by atoms with E-state index in [-0.39, 0.29) is 17.7 Å². The molecule has 1 aliphatic rings. The molecule has 5 nitrogen and oxygen atoms in total. The number of nitrogens with one attached hydrogen (secondary N) is 1. The topological polar surface area (TPSA) is 52.7 Å². The Kier molecular flexibility index (Phi) is 4.96. The van der Waals surface area contributed by atoms with Crippen LogP contribution in [0.4, 0.5) is 5.69 Å². The minimum Gasteiger partial charge on any atom is -0.368 e. The van der Waals surface area contributed by atoms with Crippen molar-refractivity contribution in [3.05, 3.63) is 29.8 Å². The van der Waals surface area contributed by atoms with Gasteiger partial charge in [0.25, 0.3) is 0 Å². The van der Waals surface area contributed by atoms with Crippen molar-refractivity contribution in [2.45, 2.75) is 19.9 Å². The highest BCUT2D eigenvalue weighted by Gasteiger charge is 2.24. The van der Waals surface area contributed by atoms with E-state index in [9.17, 15) is 9.59 Å². The number of hydrogen-bond acceptors (Lipinski definition) is 4. The lowest BCUT2D eigenvalue weighted by Gasteiger charge is -2.37. The van der Waals surface area contributed by atoms with Crippen LogP contribution in [0.2, 0.25) is 0 Å². The van der Waals surface area contributed by atoms with Crippen LogP contribution >= 0.6 is 0 Å². The number of amides is 1. The average molecular weight is 289 g/mol. The Morgan fingerprint density at radius 1 is 1.10 bits per heavy atom. The number of ketones is 1. The van der Waals surface area contributed by atoms with Gasteiger partial charge in [-0.2, -0.15) is 0 Å². The highest BCUT2D eigenvalue weighted by Crippen LogP contribution is 2.18. The Morgan fingerprint density at radius 2 is 1.67 bits per heavy atom. The summed E-state index contributed by atoms with van der Waals surface area (Å²) in [5.41, 5.74) is 1.84. The zero-order valence-electron chi connectivity index (χ0n) is 12.9. The minimum atomic E-state index is -0.133. The first-order valence-electron chi connectivity index (χ1n) is 7.35.